The number of carbonyl (C=O) groups excluding carboxylic acids is 2. The lowest BCUT2D eigenvalue weighted by Gasteiger charge is -2.17. The van der Waals surface area contributed by atoms with Crippen LogP contribution in [0, 0.1) is 5.92 Å². The predicted molar refractivity (Wildman–Crippen MR) is 114 cm³/mol. The maximum atomic E-state index is 12.7. The minimum absolute atomic E-state index is 0.0127. The average Bonchev–Trinajstić information content (AvgIpc) is 3.30. The third-order valence-electron chi connectivity index (χ3n) is 5.24. The molecule has 144 valence electrons. The van der Waals surface area contributed by atoms with Gasteiger partial charge in [0.05, 0.1) is 16.1 Å². The van der Waals surface area contributed by atoms with Crippen LogP contribution >= 0.6 is 11.3 Å². The molecule has 0 radical (unpaired) electrons. The molecule has 1 fully saturated rings. The van der Waals surface area contributed by atoms with Crippen LogP contribution in [0.5, 0.6) is 0 Å². The van der Waals surface area contributed by atoms with E-state index in [1.54, 1.807) is 4.90 Å². The number of thiazole rings is 1. The van der Waals surface area contributed by atoms with E-state index in [1.165, 1.54) is 22.5 Å². The van der Waals surface area contributed by atoms with Gasteiger partial charge in [0.1, 0.15) is 0 Å². The first-order valence-electron chi connectivity index (χ1n) is 9.67. The van der Waals surface area contributed by atoms with Gasteiger partial charge in [-0.15, -0.1) is 0 Å². The second kappa shape index (κ2) is 7.72. The smallest absolute Gasteiger partial charge is 0.231 e. The van der Waals surface area contributed by atoms with Gasteiger partial charge >= 0.3 is 0 Å². The number of amides is 2. The summed E-state index contributed by atoms with van der Waals surface area (Å²) in [4.78, 5) is 31.4. The number of nitrogens with one attached hydrogen (secondary N) is 1. The van der Waals surface area contributed by atoms with Gasteiger partial charge in [0, 0.05) is 18.7 Å². The molecule has 2 amide bonds. The normalized spacial score (nSPS) is 16.7. The van der Waals surface area contributed by atoms with Crippen molar-refractivity contribution in [3.63, 3.8) is 0 Å². The average molecular weight is 394 g/mol. The van der Waals surface area contributed by atoms with Crippen molar-refractivity contribution in [2.24, 2.45) is 5.92 Å². The zero-order valence-corrected chi connectivity index (χ0v) is 16.9. The van der Waals surface area contributed by atoms with Crippen LogP contribution in [0.1, 0.15) is 31.4 Å². The van der Waals surface area contributed by atoms with Gasteiger partial charge in [-0.25, -0.2) is 4.98 Å². The van der Waals surface area contributed by atoms with Crippen molar-refractivity contribution in [2.45, 2.75) is 33.1 Å². The molecule has 4 rings (SSSR count). The highest BCUT2D eigenvalue weighted by atomic mass is 32.1. The fourth-order valence-electron chi connectivity index (χ4n) is 3.49. The van der Waals surface area contributed by atoms with Gasteiger partial charge in [-0.3, -0.25) is 9.59 Å². The van der Waals surface area contributed by atoms with Gasteiger partial charge < -0.3 is 10.2 Å². The minimum Gasteiger partial charge on any atom is -0.312 e. The first kappa shape index (κ1) is 18.6. The quantitative estimate of drug-likeness (QED) is 0.698. The highest BCUT2D eigenvalue weighted by molar-refractivity contribution is 7.22. The van der Waals surface area contributed by atoms with Crippen LogP contribution in [0.3, 0.4) is 0 Å². The van der Waals surface area contributed by atoms with E-state index in [4.69, 9.17) is 0 Å². The molecule has 1 atom stereocenters. The molecule has 0 bridgehead atoms. The van der Waals surface area contributed by atoms with Gasteiger partial charge in [0.2, 0.25) is 11.8 Å². The Morgan fingerprint density at radius 1 is 1.14 bits per heavy atom. The Bertz CT molecular complexity index is 1030. The van der Waals surface area contributed by atoms with Crippen molar-refractivity contribution in [3.05, 3.63) is 53.6 Å². The second-order valence-corrected chi connectivity index (χ2v) is 8.12. The first-order chi connectivity index (χ1) is 13.6. The molecule has 0 aliphatic carbocycles. The molecule has 0 saturated carbocycles. The number of benzene rings is 2. The summed E-state index contributed by atoms with van der Waals surface area (Å²) in [6.07, 6.45) is 2.15. The molecule has 1 N–H and O–H groups in total. The van der Waals surface area contributed by atoms with Crippen LogP contribution in [-0.4, -0.2) is 23.3 Å². The number of aryl methyl sites for hydroxylation is 2. The molecule has 2 aromatic carbocycles. The lowest BCUT2D eigenvalue weighted by Crippen LogP contribution is -2.28. The van der Waals surface area contributed by atoms with E-state index < -0.39 is 0 Å². The molecule has 1 unspecified atom stereocenters. The van der Waals surface area contributed by atoms with E-state index in [0.29, 0.717) is 11.7 Å². The van der Waals surface area contributed by atoms with E-state index in [2.05, 4.69) is 36.3 Å². The molecule has 1 aromatic heterocycles. The van der Waals surface area contributed by atoms with Crippen molar-refractivity contribution >= 4 is 44.2 Å². The van der Waals surface area contributed by atoms with Gasteiger partial charge in [-0.1, -0.05) is 43.4 Å². The number of hydrogen-bond acceptors (Lipinski definition) is 4. The Kier molecular flexibility index (Phi) is 5.13. The van der Waals surface area contributed by atoms with Gasteiger partial charge in [-0.2, -0.15) is 0 Å². The number of rotatable bonds is 5. The fourth-order valence-corrected chi connectivity index (χ4v) is 4.43. The predicted octanol–water partition coefficient (Wildman–Crippen LogP) is 4.41. The number of nitrogens with zero attached hydrogens (tertiary/aromatic N) is 2. The summed E-state index contributed by atoms with van der Waals surface area (Å²) in [5, 5.41) is 3.50. The zero-order chi connectivity index (χ0) is 19.7. The Morgan fingerprint density at radius 3 is 2.57 bits per heavy atom. The lowest BCUT2D eigenvalue weighted by molar-refractivity contribution is -0.122. The van der Waals surface area contributed by atoms with Crippen LogP contribution in [0.15, 0.2) is 42.5 Å². The molecule has 0 spiro atoms. The van der Waals surface area contributed by atoms with Crippen LogP contribution in [-0.2, 0) is 22.4 Å². The Morgan fingerprint density at radius 2 is 1.86 bits per heavy atom. The third kappa shape index (κ3) is 3.64. The third-order valence-corrected chi connectivity index (χ3v) is 6.18. The summed E-state index contributed by atoms with van der Waals surface area (Å²) < 4.78 is 1.06. The second-order valence-electron chi connectivity index (χ2n) is 7.09. The molecular formula is C22H23N3O2S. The topological polar surface area (TPSA) is 62.3 Å². The van der Waals surface area contributed by atoms with Crippen molar-refractivity contribution < 1.29 is 9.59 Å². The molecule has 2 heterocycles. The summed E-state index contributed by atoms with van der Waals surface area (Å²) in [5.74, 6) is -0.520. The SMILES string of the molecule is CCc1ccc(N2CC(C(=O)Nc3nc4ccc(CC)cc4s3)CC2=O)cc1. The van der Waals surface area contributed by atoms with E-state index in [9.17, 15) is 9.59 Å². The molecule has 1 saturated heterocycles. The molecule has 5 nitrogen and oxygen atoms in total. The number of anilines is 2. The Hall–Kier alpha value is -2.73. The van der Waals surface area contributed by atoms with Gasteiger partial charge in [-0.05, 0) is 48.2 Å². The van der Waals surface area contributed by atoms with Crippen LogP contribution in [0.25, 0.3) is 10.2 Å². The van der Waals surface area contributed by atoms with Gasteiger partial charge in [0.25, 0.3) is 0 Å². The first-order valence-corrected chi connectivity index (χ1v) is 10.5. The maximum Gasteiger partial charge on any atom is 0.231 e. The van der Waals surface area contributed by atoms with Gasteiger partial charge in [0.15, 0.2) is 5.13 Å². The number of aromatic nitrogens is 1. The molecule has 28 heavy (non-hydrogen) atoms. The van der Waals surface area contributed by atoms with Crippen LogP contribution < -0.4 is 10.2 Å². The number of fused-ring (bicyclic) bond motifs is 1. The maximum absolute atomic E-state index is 12.7. The van der Waals surface area contributed by atoms with E-state index in [0.717, 1.165) is 28.7 Å². The molecule has 6 heteroatoms. The largest absolute Gasteiger partial charge is 0.312 e. The highest BCUT2D eigenvalue weighted by Gasteiger charge is 2.35. The minimum atomic E-state index is -0.364. The lowest BCUT2D eigenvalue weighted by atomic mass is 10.1. The highest BCUT2D eigenvalue weighted by Crippen LogP contribution is 2.30. The summed E-state index contributed by atoms with van der Waals surface area (Å²) in [5.41, 5.74) is 4.22. The van der Waals surface area contributed by atoms with Crippen molar-refractivity contribution in [3.8, 4) is 0 Å². The molecule has 3 aromatic rings. The van der Waals surface area contributed by atoms with Crippen molar-refractivity contribution in [1.82, 2.24) is 4.98 Å². The zero-order valence-electron chi connectivity index (χ0n) is 16.1. The van der Waals surface area contributed by atoms with Crippen LogP contribution in [0.4, 0.5) is 10.8 Å². The van der Waals surface area contributed by atoms with Crippen molar-refractivity contribution in [2.75, 3.05) is 16.8 Å². The molecular weight excluding hydrogens is 370 g/mol. The number of carbonyl (C=O) groups is 2. The summed E-state index contributed by atoms with van der Waals surface area (Å²) in [6, 6.07) is 14.1. The summed E-state index contributed by atoms with van der Waals surface area (Å²) in [7, 11) is 0. The van der Waals surface area contributed by atoms with E-state index in [1.807, 2.05) is 30.3 Å². The summed E-state index contributed by atoms with van der Waals surface area (Å²) in [6.45, 7) is 4.62. The fraction of sp³-hybridized carbons (Fsp3) is 0.318. The Balaban J connectivity index is 1.45. The van der Waals surface area contributed by atoms with Crippen LogP contribution in [0.2, 0.25) is 0 Å². The monoisotopic (exact) mass is 393 g/mol. The molecule has 1 aliphatic rings. The van der Waals surface area contributed by atoms with E-state index >= 15 is 0 Å². The number of hydrogen-bond donors (Lipinski definition) is 1. The summed E-state index contributed by atoms with van der Waals surface area (Å²) >= 11 is 1.47. The molecule has 1 aliphatic heterocycles. The standard InChI is InChI=1S/C22H23N3O2S/c1-3-14-5-8-17(9-6-14)25-13-16(12-20(25)26)21(27)24-22-23-18-10-7-15(4-2)11-19(18)28-22/h5-11,16H,3-4,12-13H2,1-2H3,(H,23,24,27). The Labute approximate surface area is 168 Å². The van der Waals surface area contributed by atoms with Crippen molar-refractivity contribution in [1.29, 1.82) is 0 Å². The van der Waals surface area contributed by atoms with E-state index in [-0.39, 0.29) is 24.2 Å².